The minimum absolute atomic E-state index is 0.00578. The molecule has 0 spiro atoms. The Morgan fingerprint density at radius 2 is 2.16 bits per heavy atom. The molecule has 1 aromatic carbocycles. The Bertz CT molecular complexity index is 755. The molecule has 0 aliphatic carbocycles. The number of nitrogens with one attached hydrogen (secondary N) is 2. The molecule has 6 heteroatoms. The number of benzene rings is 1. The Hall–Kier alpha value is -2.60. The summed E-state index contributed by atoms with van der Waals surface area (Å²) in [4.78, 5) is 27.0. The largest absolute Gasteiger partial charge is 0.459 e. The van der Waals surface area contributed by atoms with Crippen molar-refractivity contribution >= 4 is 17.5 Å². The van der Waals surface area contributed by atoms with Crippen molar-refractivity contribution in [3.63, 3.8) is 0 Å². The van der Waals surface area contributed by atoms with Crippen molar-refractivity contribution in [3.8, 4) is 0 Å². The number of hydrogen-bond acceptors (Lipinski definition) is 4. The first-order valence-electron chi connectivity index (χ1n) is 8.51. The van der Waals surface area contributed by atoms with E-state index in [1.165, 1.54) is 6.26 Å². The summed E-state index contributed by atoms with van der Waals surface area (Å²) in [5.41, 5.74) is 2.10. The van der Waals surface area contributed by atoms with Gasteiger partial charge in [-0.2, -0.15) is 0 Å². The second-order valence-corrected chi connectivity index (χ2v) is 6.31. The number of anilines is 1. The summed E-state index contributed by atoms with van der Waals surface area (Å²) in [6.07, 6.45) is 3.49. The molecule has 1 aliphatic heterocycles. The molecule has 2 heterocycles. The van der Waals surface area contributed by atoms with E-state index < -0.39 is 0 Å². The fourth-order valence-corrected chi connectivity index (χ4v) is 3.20. The lowest BCUT2D eigenvalue weighted by Gasteiger charge is -2.25. The normalized spacial score (nSPS) is 16.9. The lowest BCUT2D eigenvalue weighted by Crippen LogP contribution is -2.40. The van der Waals surface area contributed by atoms with Gasteiger partial charge in [0.2, 0.25) is 0 Å². The van der Waals surface area contributed by atoms with Gasteiger partial charge < -0.3 is 20.0 Å². The van der Waals surface area contributed by atoms with Crippen LogP contribution < -0.4 is 10.6 Å². The molecule has 1 fully saturated rings. The van der Waals surface area contributed by atoms with E-state index in [0.29, 0.717) is 11.3 Å². The minimum Gasteiger partial charge on any atom is -0.459 e. The maximum absolute atomic E-state index is 12.9. The van der Waals surface area contributed by atoms with Crippen molar-refractivity contribution in [2.45, 2.75) is 25.8 Å². The predicted molar refractivity (Wildman–Crippen MR) is 95.8 cm³/mol. The van der Waals surface area contributed by atoms with Crippen molar-refractivity contribution in [2.24, 2.45) is 0 Å². The van der Waals surface area contributed by atoms with Gasteiger partial charge in [-0.15, -0.1) is 0 Å². The molecule has 2 amide bonds. The molecule has 1 atom stereocenters. The average Bonchev–Trinajstić information content (AvgIpc) is 3.28. The van der Waals surface area contributed by atoms with E-state index in [2.05, 4.69) is 10.6 Å². The van der Waals surface area contributed by atoms with Crippen LogP contribution in [-0.4, -0.2) is 42.9 Å². The molecule has 0 saturated carbocycles. The molecule has 132 valence electrons. The van der Waals surface area contributed by atoms with Gasteiger partial charge in [0.05, 0.1) is 6.26 Å². The first-order valence-corrected chi connectivity index (χ1v) is 8.51. The van der Waals surface area contributed by atoms with Crippen molar-refractivity contribution in [3.05, 3.63) is 53.5 Å². The molecule has 2 aromatic rings. The predicted octanol–water partition coefficient (Wildman–Crippen LogP) is 2.66. The monoisotopic (exact) mass is 341 g/mol. The van der Waals surface area contributed by atoms with Crippen molar-refractivity contribution < 1.29 is 14.0 Å². The lowest BCUT2D eigenvalue weighted by atomic mass is 10.1. The number of carbonyl (C=O) groups is 2. The zero-order valence-corrected chi connectivity index (χ0v) is 14.5. The Balaban J connectivity index is 1.79. The van der Waals surface area contributed by atoms with Gasteiger partial charge in [-0.25, -0.2) is 0 Å². The lowest BCUT2D eigenvalue weighted by molar-refractivity contribution is 0.0736. The van der Waals surface area contributed by atoms with Crippen LogP contribution in [0.3, 0.4) is 0 Å². The molecule has 0 bridgehead atoms. The van der Waals surface area contributed by atoms with Crippen LogP contribution in [0.25, 0.3) is 0 Å². The van der Waals surface area contributed by atoms with Crippen LogP contribution in [0.1, 0.15) is 39.3 Å². The zero-order valence-electron chi connectivity index (χ0n) is 14.5. The number of rotatable bonds is 5. The van der Waals surface area contributed by atoms with Gasteiger partial charge in [-0.05, 0) is 56.6 Å². The summed E-state index contributed by atoms with van der Waals surface area (Å²) in [6, 6.07) is 8.90. The van der Waals surface area contributed by atoms with Gasteiger partial charge in [0.15, 0.2) is 5.76 Å². The molecule has 6 nitrogen and oxygen atoms in total. The van der Waals surface area contributed by atoms with E-state index in [0.717, 1.165) is 31.5 Å². The Kier molecular flexibility index (Phi) is 5.19. The molecular weight excluding hydrogens is 318 g/mol. The van der Waals surface area contributed by atoms with E-state index in [-0.39, 0.29) is 23.6 Å². The molecule has 1 saturated heterocycles. The highest BCUT2D eigenvalue weighted by atomic mass is 16.3. The summed E-state index contributed by atoms with van der Waals surface area (Å²) < 4.78 is 5.11. The average molecular weight is 341 g/mol. The summed E-state index contributed by atoms with van der Waals surface area (Å²) >= 11 is 0. The maximum Gasteiger partial charge on any atom is 0.291 e. The minimum atomic E-state index is -0.327. The van der Waals surface area contributed by atoms with Crippen LogP contribution in [0.4, 0.5) is 5.69 Å². The first kappa shape index (κ1) is 17.2. The number of hydrogen-bond donors (Lipinski definition) is 2. The van der Waals surface area contributed by atoms with Crippen LogP contribution in [0.2, 0.25) is 0 Å². The molecule has 3 rings (SSSR count). The maximum atomic E-state index is 12.9. The van der Waals surface area contributed by atoms with Crippen LogP contribution in [0.5, 0.6) is 0 Å². The number of aryl methyl sites for hydroxylation is 1. The third-order valence-corrected chi connectivity index (χ3v) is 4.56. The summed E-state index contributed by atoms with van der Waals surface area (Å²) in [5.74, 6) is -0.0806. The highest BCUT2D eigenvalue weighted by Crippen LogP contribution is 2.23. The standard InChI is InChI=1S/C19H23N3O3/c1-13-7-8-14(19(24)22-9-3-5-15(22)12-20-2)11-16(13)21-18(23)17-6-4-10-25-17/h4,6-8,10-11,15,20H,3,5,9,12H2,1-2H3,(H,21,23). The van der Waals surface area contributed by atoms with E-state index in [4.69, 9.17) is 4.42 Å². The van der Waals surface area contributed by atoms with E-state index in [9.17, 15) is 9.59 Å². The zero-order chi connectivity index (χ0) is 17.8. The molecule has 1 unspecified atom stereocenters. The van der Waals surface area contributed by atoms with Crippen molar-refractivity contribution in [2.75, 3.05) is 25.5 Å². The Labute approximate surface area is 147 Å². The number of furan rings is 1. The van der Waals surface area contributed by atoms with Gasteiger partial charge in [0.25, 0.3) is 11.8 Å². The summed E-state index contributed by atoms with van der Waals surface area (Å²) in [6.45, 7) is 3.46. The third kappa shape index (κ3) is 3.74. The van der Waals surface area contributed by atoms with Crippen LogP contribution >= 0.6 is 0 Å². The van der Waals surface area contributed by atoms with E-state index in [1.807, 2.05) is 31.0 Å². The molecule has 0 radical (unpaired) electrons. The number of carbonyl (C=O) groups excluding carboxylic acids is 2. The third-order valence-electron chi connectivity index (χ3n) is 4.56. The molecular formula is C19H23N3O3. The topological polar surface area (TPSA) is 74.6 Å². The van der Waals surface area contributed by atoms with Crippen molar-refractivity contribution in [1.29, 1.82) is 0 Å². The van der Waals surface area contributed by atoms with Gasteiger partial charge >= 0.3 is 0 Å². The SMILES string of the molecule is CNCC1CCCN1C(=O)c1ccc(C)c(NC(=O)c2ccco2)c1. The molecule has 1 aliphatic rings. The molecule has 2 N–H and O–H groups in total. The molecule has 25 heavy (non-hydrogen) atoms. The number of amides is 2. The van der Waals surface area contributed by atoms with E-state index in [1.54, 1.807) is 18.2 Å². The number of nitrogens with zero attached hydrogens (tertiary/aromatic N) is 1. The van der Waals surface area contributed by atoms with Gasteiger partial charge in [-0.3, -0.25) is 9.59 Å². The fraction of sp³-hybridized carbons (Fsp3) is 0.368. The summed E-state index contributed by atoms with van der Waals surface area (Å²) in [5, 5.41) is 5.97. The van der Waals surface area contributed by atoms with E-state index >= 15 is 0 Å². The number of likely N-dealkylation sites (tertiary alicyclic amines) is 1. The smallest absolute Gasteiger partial charge is 0.291 e. The number of likely N-dealkylation sites (N-methyl/N-ethyl adjacent to an activating group) is 1. The van der Waals surface area contributed by atoms with Gasteiger partial charge in [-0.1, -0.05) is 6.07 Å². The summed E-state index contributed by atoms with van der Waals surface area (Å²) in [7, 11) is 1.90. The van der Waals surface area contributed by atoms with Crippen LogP contribution in [-0.2, 0) is 0 Å². The van der Waals surface area contributed by atoms with Crippen LogP contribution in [0.15, 0.2) is 41.0 Å². The van der Waals surface area contributed by atoms with Gasteiger partial charge in [0.1, 0.15) is 0 Å². The van der Waals surface area contributed by atoms with Crippen molar-refractivity contribution in [1.82, 2.24) is 10.2 Å². The Morgan fingerprint density at radius 3 is 2.88 bits per heavy atom. The Morgan fingerprint density at radius 1 is 1.32 bits per heavy atom. The fourth-order valence-electron chi connectivity index (χ4n) is 3.20. The second kappa shape index (κ2) is 7.53. The van der Waals surface area contributed by atoms with Gasteiger partial charge in [0, 0.05) is 30.4 Å². The molecule has 1 aromatic heterocycles. The quantitative estimate of drug-likeness (QED) is 0.877. The first-order chi connectivity index (χ1) is 12.1. The second-order valence-electron chi connectivity index (χ2n) is 6.31. The highest BCUT2D eigenvalue weighted by molar-refractivity contribution is 6.04. The van der Waals surface area contributed by atoms with Crippen LogP contribution in [0, 0.1) is 6.92 Å². The highest BCUT2D eigenvalue weighted by Gasteiger charge is 2.29.